The lowest BCUT2D eigenvalue weighted by atomic mass is 10.0. The maximum atomic E-state index is 13.3. The van der Waals surface area contributed by atoms with Gasteiger partial charge in [0.25, 0.3) is 0 Å². The van der Waals surface area contributed by atoms with Gasteiger partial charge < -0.3 is 30.0 Å². The molecule has 1 aliphatic rings. The van der Waals surface area contributed by atoms with Crippen molar-refractivity contribution in [2.75, 3.05) is 19.0 Å². The van der Waals surface area contributed by atoms with Crippen LogP contribution >= 0.6 is 11.8 Å². The van der Waals surface area contributed by atoms with Gasteiger partial charge in [-0.25, -0.2) is 0 Å². The number of amides is 2. The van der Waals surface area contributed by atoms with Crippen LogP contribution in [0.15, 0.2) is 48.5 Å². The van der Waals surface area contributed by atoms with Crippen molar-refractivity contribution in [1.82, 2.24) is 10.6 Å². The quantitative estimate of drug-likeness (QED) is 0.209. The summed E-state index contributed by atoms with van der Waals surface area (Å²) >= 11 is 1.33. The van der Waals surface area contributed by atoms with E-state index in [2.05, 4.69) is 10.6 Å². The fourth-order valence-electron chi connectivity index (χ4n) is 4.53. The standard InChI is InChI=1S/C32H40N2O9S/c1-4-41-27-12-10-23(42-17-24-11-13-30(39)43-24)14-22(27)15-28(36)34-31(20(2)3)32(40)33-25(16-29(37)38)26(35)19-44-18-21-8-6-5-7-9-21/h5-10,12,14,20,24-25,31H,4,11,13,15-19H2,1-3H3,(H,33,40)(H,34,36)(H,37,38)/t24-,25?,31+/m1/s1. The lowest BCUT2D eigenvalue weighted by molar-refractivity contribution is -0.142. The molecule has 44 heavy (non-hydrogen) atoms. The molecule has 1 saturated heterocycles. The first-order chi connectivity index (χ1) is 21.0. The second-order valence-corrected chi connectivity index (χ2v) is 11.7. The highest BCUT2D eigenvalue weighted by Gasteiger charge is 2.30. The van der Waals surface area contributed by atoms with Crippen molar-refractivity contribution in [2.45, 2.75) is 70.4 Å². The molecular weight excluding hydrogens is 588 g/mol. The fraction of sp³-hybridized carbons (Fsp3) is 0.469. The summed E-state index contributed by atoms with van der Waals surface area (Å²) in [5.74, 6) is -1.84. The number of thioether (sulfide) groups is 1. The van der Waals surface area contributed by atoms with E-state index in [1.165, 1.54) is 11.8 Å². The summed E-state index contributed by atoms with van der Waals surface area (Å²) in [4.78, 5) is 62.2. The summed E-state index contributed by atoms with van der Waals surface area (Å²) in [6.07, 6.45) is -0.0963. The van der Waals surface area contributed by atoms with Crippen LogP contribution in [0.3, 0.4) is 0 Å². The summed E-state index contributed by atoms with van der Waals surface area (Å²) < 4.78 is 16.7. The van der Waals surface area contributed by atoms with Crippen molar-refractivity contribution >= 4 is 41.3 Å². The molecule has 3 rings (SSSR count). The van der Waals surface area contributed by atoms with Crippen LogP contribution in [-0.4, -0.2) is 71.8 Å². The van der Waals surface area contributed by atoms with E-state index < -0.39 is 42.1 Å². The van der Waals surface area contributed by atoms with Gasteiger partial charge in [-0.2, -0.15) is 0 Å². The van der Waals surface area contributed by atoms with E-state index in [1.54, 1.807) is 32.0 Å². The molecule has 11 nitrogen and oxygen atoms in total. The van der Waals surface area contributed by atoms with Crippen LogP contribution in [0, 0.1) is 5.92 Å². The number of esters is 1. The molecule has 1 aliphatic heterocycles. The minimum Gasteiger partial charge on any atom is -0.494 e. The Hall–Kier alpha value is -4.06. The lowest BCUT2D eigenvalue weighted by Crippen LogP contribution is -2.54. The minimum absolute atomic E-state index is 0.0214. The average molecular weight is 629 g/mol. The van der Waals surface area contributed by atoms with E-state index >= 15 is 0 Å². The number of ether oxygens (including phenoxy) is 3. The number of cyclic esters (lactones) is 1. The van der Waals surface area contributed by atoms with Crippen LogP contribution in [0.25, 0.3) is 0 Å². The Bertz CT molecular complexity index is 1300. The van der Waals surface area contributed by atoms with E-state index in [4.69, 9.17) is 14.2 Å². The topological polar surface area (TPSA) is 157 Å². The molecule has 1 unspecified atom stereocenters. The number of Topliss-reactive ketones (excluding diaryl/α,β-unsaturated/α-hetero) is 1. The Morgan fingerprint density at radius 2 is 1.82 bits per heavy atom. The first-order valence-corrected chi connectivity index (χ1v) is 15.7. The molecule has 2 amide bonds. The molecule has 12 heteroatoms. The Morgan fingerprint density at radius 3 is 2.45 bits per heavy atom. The zero-order chi connectivity index (χ0) is 32.1. The third-order valence-electron chi connectivity index (χ3n) is 6.79. The van der Waals surface area contributed by atoms with Gasteiger partial charge in [0.2, 0.25) is 11.8 Å². The van der Waals surface area contributed by atoms with E-state index in [-0.39, 0.29) is 36.8 Å². The highest BCUT2D eigenvalue weighted by molar-refractivity contribution is 7.99. The number of nitrogens with one attached hydrogen (secondary N) is 2. The third kappa shape index (κ3) is 11.2. The molecule has 0 saturated carbocycles. The number of aliphatic carboxylic acids is 1. The summed E-state index contributed by atoms with van der Waals surface area (Å²) in [5, 5.41) is 14.7. The summed E-state index contributed by atoms with van der Waals surface area (Å²) in [6.45, 7) is 5.85. The molecule has 0 aliphatic carbocycles. The van der Waals surface area contributed by atoms with Crippen molar-refractivity contribution in [3.63, 3.8) is 0 Å². The molecule has 1 fully saturated rings. The van der Waals surface area contributed by atoms with Crippen LogP contribution in [0.1, 0.15) is 51.2 Å². The van der Waals surface area contributed by atoms with E-state index in [9.17, 15) is 29.1 Å². The third-order valence-corrected chi connectivity index (χ3v) is 7.82. The lowest BCUT2D eigenvalue weighted by Gasteiger charge is -2.25. The first-order valence-electron chi connectivity index (χ1n) is 14.6. The first kappa shape index (κ1) is 34.4. The van der Waals surface area contributed by atoms with Gasteiger partial charge in [0, 0.05) is 17.7 Å². The number of carboxylic acid groups (broad SMARTS) is 1. The molecule has 238 valence electrons. The highest BCUT2D eigenvalue weighted by atomic mass is 32.2. The van der Waals surface area contributed by atoms with E-state index in [1.807, 2.05) is 37.3 Å². The Balaban J connectivity index is 1.62. The molecule has 0 aromatic heterocycles. The van der Waals surface area contributed by atoms with E-state index in [0.717, 1.165) is 5.56 Å². The molecule has 1 heterocycles. The predicted octanol–water partition coefficient (Wildman–Crippen LogP) is 3.32. The summed E-state index contributed by atoms with van der Waals surface area (Å²) in [6, 6.07) is 12.3. The molecule has 3 N–H and O–H groups in total. The van der Waals surface area contributed by atoms with Gasteiger partial charge >= 0.3 is 11.9 Å². The van der Waals surface area contributed by atoms with Crippen LogP contribution in [0.2, 0.25) is 0 Å². The smallest absolute Gasteiger partial charge is 0.306 e. The normalized spacial score (nSPS) is 15.6. The van der Waals surface area contributed by atoms with Gasteiger partial charge in [0.1, 0.15) is 30.3 Å². The second kappa shape index (κ2) is 17.3. The minimum atomic E-state index is -1.24. The van der Waals surface area contributed by atoms with Crippen LogP contribution < -0.4 is 20.1 Å². The zero-order valence-corrected chi connectivity index (χ0v) is 26.0. The van der Waals surface area contributed by atoms with Gasteiger partial charge in [0.15, 0.2) is 5.78 Å². The SMILES string of the molecule is CCOc1ccc(OC[C@H]2CCC(=O)O2)cc1CC(=O)N[C@H](C(=O)NC(CC(=O)O)C(=O)CSCc1ccccc1)C(C)C. The zero-order valence-electron chi connectivity index (χ0n) is 25.2. The number of rotatable bonds is 18. The number of carbonyl (C=O) groups is 5. The van der Waals surface area contributed by atoms with Crippen molar-refractivity contribution in [3.05, 3.63) is 59.7 Å². The van der Waals surface area contributed by atoms with Crippen molar-refractivity contribution in [2.24, 2.45) is 5.92 Å². The van der Waals surface area contributed by atoms with Gasteiger partial charge in [-0.3, -0.25) is 24.0 Å². The van der Waals surface area contributed by atoms with Crippen molar-refractivity contribution in [1.29, 1.82) is 0 Å². The Labute approximate surface area is 261 Å². The average Bonchev–Trinajstić information content (AvgIpc) is 3.40. The predicted molar refractivity (Wildman–Crippen MR) is 164 cm³/mol. The molecular formula is C32H40N2O9S. The maximum absolute atomic E-state index is 13.3. The maximum Gasteiger partial charge on any atom is 0.306 e. The number of ketones is 1. The van der Waals surface area contributed by atoms with E-state index in [0.29, 0.717) is 42.3 Å². The van der Waals surface area contributed by atoms with Crippen LogP contribution in [0.5, 0.6) is 11.5 Å². The summed E-state index contributed by atoms with van der Waals surface area (Å²) in [7, 11) is 0. The number of hydrogen-bond acceptors (Lipinski definition) is 9. The molecule has 2 aromatic carbocycles. The molecule has 3 atom stereocenters. The second-order valence-electron chi connectivity index (χ2n) is 10.7. The van der Waals surface area contributed by atoms with Crippen molar-refractivity contribution in [3.8, 4) is 11.5 Å². The number of benzene rings is 2. The van der Waals surface area contributed by atoms with Crippen molar-refractivity contribution < 1.29 is 43.3 Å². The Morgan fingerprint density at radius 1 is 1.07 bits per heavy atom. The van der Waals surface area contributed by atoms with Gasteiger partial charge in [0.05, 0.1) is 31.2 Å². The molecule has 2 aromatic rings. The molecule has 0 bridgehead atoms. The van der Waals surface area contributed by atoms with Crippen LogP contribution in [-0.2, 0) is 40.9 Å². The Kier molecular flexibility index (Phi) is 13.5. The van der Waals surface area contributed by atoms with Crippen LogP contribution in [0.4, 0.5) is 0 Å². The fourth-order valence-corrected chi connectivity index (χ4v) is 5.46. The monoisotopic (exact) mass is 628 g/mol. The summed E-state index contributed by atoms with van der Waals surface area (Å²) in [5.41, 5.74) is 1.55. The van der Waals surface area contributed by atoms with Gasteiger partial charge in [-0.15, -0.1) is 11.8 Å². The largest absolute Gasteiger partial charge is 0.494 e. The van der Waals surface area contributed by atoms with Gasteiger partial charge in [-0.1, -0.05) is 44.2 Å². The number of carboxylic acids is 1. The van der Waals surface area contributed by atoms with Gasteiger partial charge in [-0.05, 0) is 43.0 Å². The number of carbonyl (C=O) groups excluding carboxylic acids is 4. The highest BCUT2D eigenvalue weighted by Crippen LogP contribution is 2.26. The molecule has 0 spiro atoms. The molecule has 0 radical (unpaired) electrons. The number of hydrogen-bond donors (Lipinski definition) is 3.